The zero-order chi connectivity index (χ0) is 13.2. The Morgan fingerprint density at radius 2 is 1.83 bits per heavy atom. The van der Waals surface area contributed by atoms with E-state index in [-0.39, 0.29) is 5.56 Å². The molecular formula is C13H12F3NS. The summed E-state index contributed by atoms with van der Waals surface area (Å²) < 4.78 is 38.9. The smallest absolute Gasteiger partial charge is 0.309 e. The van der Waals surface area contributed by atoms with Crippen molar-refractivity contribution in [2.75, 3.05) is 7.05 Å². The van der Waals surface area contributed by atoms with Crippen LogP contribution < -0.4 is 5.32 Å². The van der Waals surface area contributed by atoms with Gasteiger partial charge >= 0.3 is 6.18 Å². The lowest BCUT2D eigenvalue weighted by molar-refractivity contribution is -0.138. The van der Waals surface area contributed by atoms with E-state index in [0.29, 0.717) is 0 Å². The van der Waals surface area contributed by atoms with Crippen molar-refractivity contribution in [2.24, 2.45) is 0 Å². The molecule has 0 saturated heterocycles. The second kappa shape index (κ2) is 5.12. The van der Waals surface area contributed by atoms with Gasteiger partial charge in [-0.15, -0.1) is 11.3 Å². The average Bonchev–Trinajstić information content (AvgIpc) is 2.83. The number of alkyl halides is 3. The van der Waals surface area contributed by atoms with E-state index in [1.54, 1.807) is 13.1 Å². The summed E-state index contributed by atoms with van der Waals surface area (Å²) in [5, 5.41) is 4.80. The molecule has 1 heterocycles. The van der Waals surface area contributed by atoms with E-state index in [1.165, 1.54) is 23.5 Å². The second-order valence-corrected chi connectivity index (χ2v) is 4.80. The van der Waals surface area contributed by atoms with Crippen LogP contribution in [-0.2, 0) is 6.18 Å². The Balaban J connectivity index is 2.50. The summed E-state index contributed by atoms with van der Waals surface area (Å²) in [7, 11) is 1.66. The molecule has 96 valence electrons. The van der Waals surface area contributed by atoms with Crippen molar-refractivity contribution in [1.29, 1.82) is 0 Å². The Morgan fingerprint density at radius 3 is 2.39 bits per heavy atom. The Kier molecular flexibility index (Phi) is 3.73. The molecule has 0 aliphatic rings. The second-order valence-electron chi connectivity index (χ2n) is 3.82. The third-order valence-electron chi connectivity index (χ3n) is 2.69. The minimum Gasteiger partial charge on any atom is -0.309 e. The maximum Gasteiger partial charge on any atom is 0.416 e. The zero-order valence-electron chi connectivity index (χ0n) is 9.66. The molecule has 2 aromatic rings. The van der Waals surface area contributed by atoms with E-state index in [4.69, 9.17) is 0 Å². The average molecular weight is 271 g/mol. The lowest BCUT2D eigenvalue weighted by atomic mass is 9.99. The van der Waals surface area contributed by atoms with Gasteiger partial charge in [0, 0.05) is 4.88 Å². The molecular weight excluding hydrogens is 259 g/mol. The first-order valence-corrected chi connectivity index (χ1v) is 6.29. The fourth-order valence-electron chi connectivity index (χ4n) is 1.91. The number of rotatable bonds is 3. The van der Waals surface area contributed by atoms with Gasteiger partial charge in [-0.05, 0) is 30.1 Å². The van der Waals surface area contributed by atoms with E-state index in [9.17, 15) is 13.2 Å². The molecule has 0 amide bonds. The zero-order valence-corrected chi connectivity index (χ0v) is 10.5. The fraction of sp³-hybridized carbons (Fsp3) is 0.231. The Bertz CT molecular complexity index is 505. The van der Waals surface area contributed by atoms with Gasteiger partial charge < -0.3 is 5.32 Å². The molecule has 1 N–H and O–H groups in total. The van der Waals surface area contributed by atoms with Gasteiger partial charge in [0.15, 0.2) is 0 Å². The van der Waals surface area contributed by atoms with Crippen molar-refractivity contribution in [2.45, 2.75) is 12.2 Å². The van der Waals surface area contributed by atoms with Crippen LogP contribution in [0, 0.1) is 0 Å². The van der Waals surface area contributed by atoms with Crippen molar-refractivity contribution in [1.82, 2.24) is 5.32 Å². The molecule has 1 nitrogen and oxygen atoms in total. The molecule has 5 heteroatoms. The van der Waals surface area contributed by atoms with Gasteiger partial charge in [0.25, 0.3) is 0 Å². The molecule has 1 atom stereocenters. The van der Waals surface area contributed by atoms with Crippen LogP contribution in [0.4, 0.5) is 13.2 Å². The Labute approximate surface area is 107 Å². The largest absolute Gasteiger partial charge is 0.416 e. The number of hydrogen-bond acceptors (Lipinski definition) is 2. The van der Waals surface area contributed by atoms with Crippen LogP contribution in [0.2, 0.25) is 0 Å². The van der Waals surface area contributed by atoms with Crippen LogP contribution in [0.15, 0.2) is 41.8 Å². The lowest BCUT2D eigenvalue weighted by Gasteiger charge is -2.20. The molecule has 0 spiro atoms. The first-order valence-electron chi connectivity index (χ1n) is 5.41. The molecule has 1 aromatic carbocycles. The molecule has 18 heavy (non-hydrogen) atoms. The third kappa shape index (κ3) is 2.57. The number of halogens is 3. The lowest BCUT2D eigenvalue weighted by Crippen LogP contribution is -2.21. The summed E-state index contributed by atoms with van der Waals surface area (Å²) in [6.45, 7) is 0. The van der Waals surface area contributed by atoms with E-state index in [1.807, 2.05) is 17.5 Å². The summed E-state index contributed by atoms with van der Waals surface area (Å²) >= 11 is 1.44. The number of hydrogen-bond donors (Lipinski definition) is 1. The van der Waals surface area contributed by atoms with Crippen molar-refractivity contribution in [3.8, 4) is 0 Å². The molecule has 0 saturated carbocycles. The standard InChI is InChI=1S/C13H12F3NS/c1-17-12(11-7-4-8-18-11)9-5-2-3-6-10(9)13(14,15)16/h2-8,12,17H,1H3. The molecule has 0 radical (unpaired) electrons. The Morgan fingerprint density at radius 1 is 1.11 bits per heavy atom. The van der Waals surface area contributed by atoms with Crippen LogP contribution in [0.3, 0.4) is 0 Å². The first kappa shape index (κ1) is 13.1. The minimum absolute atomic E-state index is 0.259. The summed E-state index contributed by atoms with van der Waals surface area (Å²) in [6, 6.07) is 8.91. The van der Waals surface area contributed by atoms with Gasteiger partial charge in [0.05, 0.1) is 11.6 Å². The van der Waals surface area contributed by atoms with Crippen LogP contribution in [0.1, 0.15) is 22.0 Å². The number of nitrogens with one attached hydrogen (secondary N) is 1. The van der Waals surface area contributed by atoms with E-state index >= 15 is 0 Å². The molecule has 0 aliphatic carbocycles. The van der Waals surface area contributed by atoms with Crippen molar-refractivity contribution in [3.05, 3.63) is 57.8 Å². The van der Waals surface area contributed by atoms with Gasteiger partial charge in [-0.1, -0.05) is 24.3 Å². The number of thiophene rings is 1. The first-order chi connectivity index (χ1) is 8.54. The highest BCUT2D eigenvalue weighted by molar-refractivity contribution is 7.10. The molecule has 0 fully saturated rings. The molecule has 0 aliphatic heterocycles. The highest BCUT2D eigenvalue weighted by atomic mass is 32.1. The maximum atomic E-state index is 13.0. The molecule has 2 rings (SSSR count). The summed E-state index contributed by atoms with van der Waals surface area (Å²) in [5.74, 6) is 0. The summed E-state index contributed by atoms with van der Waals surface area (Å²) in [5.41, 5.74) is -0.326. The van der Waals surface area contributed by atoms with Crippen LogP contribution >= 0.6 is 11.3 Å². The fourth-order valence-corrected chi connectivity index (χ4v) is 2.77. The topological polar surface area (TPSA) is 12.0 Å². The summed E-state index contributed by atoms with van der Waals surface area (Å²) in [6.07, 6.45) is -4.33. The summed E-state index contributed by atoms with van der Waals surface area (Å²) in [4.78, 5) is 0.870. The van der Waals surface area contributed by atoms with Crippen molar-refractivity contribution < 1.29 is 13.2 Å². The van der Waals surface area contributed by atoms with Gasteiger partial charge in [-0.2, -0.15) is 13.2 Å². The van der Waals surface area contributed by atoms with Crippen LogP contribution in [-0.4, -0.2) is 7.05 Å². The SMILES string of the molecule is CNC(c1cccs1)c1ccccc1C(F)(F)F. The predicted molar refractivity (Wildman–Crippen MR) is 66.7 cm³/mol. The normalized spacial score (nSPS) is 13.6. The van der Waals surface area contributed by atoms with E-state index < -0.39 is 17.8 Å². The van der Waals surface area contributed by atoms with Crippen LogP contribution in [0.5, 0.6) is 0 Å². The predicted octanol–water partition coefficient (Wildman–Crippen LogP) is 4.08. The van der Waals surface area contributed by atoms with Gasteiger partial charge in [-0.25, -0.2) is 0 Å². The van der Waals surface area contributed by atoms with Crippen molar-refractivity contribution >= 4 is 11.3 Å². The third-order valence-corrected chi connectivity index (χ3v) is 3.63. The molecule has 1 aromatic heterocycles. The van der Waals surface area contributed by atoms with Gasteiger partial charge in [0.1, 0.15) is 0 Å². The van der Waals surface area contributed by atoms with Gasteiger partial charge in [0.2, 0.25) is 0 Å². The monoisotopic (exact) mass is 271 g/mol. The van der Waals surface area contributed by atoms with Crippen LogP contribution in [0.25, 0.3) is 0 Å². The minimum atomic E-state index is -4.33. The maximum absolute atomic E-state index is 13.0. The van der Waals surface area contributed by atoms with Crippen molar-refractivity contribution in [3.63, 3.8) is 0 Å². The quantitative estimate of drug-likeness (QED) is 0.887. The van der Waals surface area contributed by atoms with E-state index in [2.05, 4.69) is 5.32 Å². The van der Waals surface area contributed by atoms with E-state index in [0.717, 1.165) is 10.9 Å². The molecule has 0 bridgehead atoms. The Hall–Kier alpha value is -1.33. The number of benzene rings is 1. The van der Waals surface area contributed by atoms with Gasteiger partial charge in [-0.3, -0.25) is 0 Å². The highest BCUT2D eigenvalue weighted by Gasteiger charge is 2.35. The molecule has 1 unspecified atom stereocenters. The highest BCUT2D eigenvalue weighted by Crippen LogP contribution is 2.37.